The van der Waals surface area contributed by atoms with Crippen molar-refractivity contribution >= 4 is 17.5 Å². The van der Waals surface area contributed by atoms with Gasteiger partial charge in [0.15, 0.2) is 0 Å². The van der Waals surface area contributed by atoms with Gasteiger partial charge in [-0.25, -0.2) is 0 Å². The van der Waals surface area contributed by atoms with E-state index in [-0.39, 0.29) is 17.7 Å². The number of aryl methyl sites for hydroxylation is 3. The average molecular weight is 385 g/mol. The molecule has 2 unspecified atom stereocenters. The van der Waals surface area contributed by atoms with Crippen molar-refractivity contribution in [3.05, 3.63) is 28.8 Å². The molecule has 3 fully saturated rings. The number of carbonyl (C=O) groups is 2. The Bertz CT molecular complexity index is 749. The van der Waals surface area contributed by atoms with E-state index < -0.39 is 0 Å². The molecule has 3 saturated heterocycles. The number of anilines is 1. The number of hydrogen-bond donors (Lipinski definition) is 1. The SMILES string of the molecule is Cc1cc(C)c(N2CC(C(=O)N3CCC(N4CCNCC4)C3)CC2=O)c(C)c1. The lowest BCUT2D eigenvalue weighted by Gasteiger charge is -2.32. The number of carbonyl (C=O) groups excluding carboxylic acids is 2. The molecule has 0 aromatic heterocycles. The van der Waals surface area contributed by atoms with Crippen LogP contribution >= 0.6 is 0 Å². The topological polar surface area (TPSA) is 55.9 Å². The Morgan fingerprint density at radius 2 is 1.71 bits per heavy atom. The van der Waals surface area contributed by atoms with Crippen LogP contribution in [0.2, 0.25) is 0 Å². The monoisotopic (exact) mass is 384 g/mol. The second-order valence-corrected chi connectivity index (χ2v) is 8.67. The van der Waals surface area contributed by atoms with Crippen molar-refractivity contribution in [3.63, 3.8) is 0 Å². The minimum absolute atomic E-state index is 0.0752. The van der Waals surface area contributed by atoms with Gasteiger partial charge in [-0.1, -0.05) is 17.7 Å². The molecule has 2 atom stereocenters. The largest absolute Gasteiger partial charge is 0.341 e. The maximum Gasteiger partial charge on any atom is 0.228 e. The number of nitrogens with one attached hydrogen (secondary N) is 1. The summed E-state index contributed by atoms with van der Waals surface area (Å²) < 4.78 is 0. The predicted octanol–water partition coefficient (Wildman–Crippen LogP) is 1.47. The minimum atomic E-state index is -0.214. The maximum absolute atomic E-state index is 13.1. The first-order valence-electron chi connectivity index (χ1n) is 10.6. The molecule has 152 valence electrons. The lowest BCUT2D eigenvalue weighted by molar-refractivity contribution is -0.135. The van der Waals surface area contributed by atoms with Crippen LogP contribution in [0.15, 0.2) is 12.1 Å². The first-order valence-corrected chi connectivity index (χ1v) is 10.6. The van der Waals surface area contributed by atoms with Gasteiger partial charge in [0, 0.05) is 64.0 Å². The molecule has 2 amide bonds. The van der Waals surface area contributed by atoms with Gasteiger partial charge >= 0.3 is 0 Å². The molecule has 3 aliphatic heterocycles. The molecule has 6 nitrogen and oxygen atoms in total. The standard InChI is InChI=1S/C22H32N4O2/c1-15-10-16(2)21(17(3)11-15)26-13-18(12-20(26)27)22(28)25-7-4-19(14-25)24-8-5-23-6-9-24/h10-11,18-19,23H,4-9,12-14H2,1-3H3. The van der Waals surface area contributed by atoms with Gasteiger partial charge in [0.2, 0.25) is 11.8 Å². The fourth-order valence-corrected chi connectivity index (χ4v) is 5.23. The Kier molecular flexibility index (Phi) is 5.43. The molecule has 28 heavy (non-hydrogen) atoms. The van der Waals surface area contributed by atoms with Gasteiger partial charge in [-0.15, -0.1) is 0 Å². The summed E-state index contributed by atoms with van der Waals surface area (Å²) in [6, 6.07) is 4.70. The van der Waals surface area contributed by atoms with E-state index >= 15 is 0 Å². The van der Waals surface area contributed by atoms with Crippen molar-refractivity contribution in [3.8, 4) is 0 Å². The molecular weight excluding hydrogens is 352 g/mol. The Morgan fingerprint density at radius 1 is 1.04 bits per heavy atom. The molecule has 1 N–H and O–H groups in total. The van der Waals surface area contributed by atoms with Crippen molar-refractivity contribution in [2.75, 3.05) is 50.7 Å². The maximum atomic E-state index is 13.1. The van der Waals surface area contributed by atoms with Crippen LogP contribution in [0.3, 0.4) is 0 Å². The fourth-order valence-electron chi connectivity index (χ4n) is 5.23. The predicted molar refractivity (Wildman–Crippen MR) is 111 cm³/mol. The number of rotatable bonds is 3. The van der Waals surface area contributed by atoms with E-state index in [1.807, 2.05) is 9.80 Å². The second kappa shape index (κ2) is 7.84. The summed E-state index contributed by atoms with van der Waals surface area (Å²) >= 11 is 0. The molecule has 1 aromatic carbocycles. The molecule has 0 spiro atoms. The molecule has 3 aliphatic rings. The van der Waals surface area contributed by atoms with Crippen LogP contribution in [0.5, 0.6) is 0 Å². The van der Waals surface area contributed by atoms with Gasteiger partial charge in [-0.2, -0.15) is 0 Å². The summed E-state index contributed by atoms with van der Waals surface area (Å²) in [7, 11) is 0. The minimum Gasteiger partial charge on any atom is -0.341 e. The van der Waals surface area contributed by atoms with E-state index in [1.54, 1.807) is 0 Å². The third kappa shape index (κ3) is 3.67. The summed E-state index contributed by atoms with van der Waals surface area (Å²) in [6.45, 7) is 12.5. The highest BCUT2D eigenvalue weighted by Gasteiger charge is 2.40. The molecule has 3 heterocycles. The molecule has 4 rings (SSSR count). The second-order valence-electron chi connectivity index (χ2n) is 8.67. The van der Waals surface area contributed by atoms with Gasteiger partial charge in [-0.3, -0.25) is 14.5 Å². The smallest absolute Gasteiger partial charge is 0.228 e. The first kappa shape index (κ1) is 19.4. The zero-order chi connectivity index (χ0) is 19.8. The van der Waals surface area contributed by atoms with Crippen molar-refractivity contribution in [2.24, 2.45) is 5.92 Å². The highest BCUT2D eigenvalue weighted by molar-refractivity contribution is 6.01. The Balaban J connectivity index is 1.42. The fraction of sp³-hybridized carbons (Fsp3) is 0.636. The number of amides is 2. The lowest BCUT2D eigenvalue weighted by Crippen LogP contribution is -2.49. The third-order valence-electron chi connectivity index (χ3n) is 6.52. The summed E-state index contributed by atoms with van der Waals surface area (Å²) in [5.41, 5.74) is 4.41. The lowest BCUT2D eigenvalue weighted by atomic mass is 10.0. The molecule has 1 aromatic rings. The van der Waals surface area contributed by atoms with Crippen LogP contribution < -0.4 is 10.2 Å². The van der Waals surface area contributed by atoms with Gasteiger partial charge in [0.1, 0.15) is 0 Å². The molecule has 0 aliphatic carbocycles. The van der Waals surface area contributed by atoms with Gasteiger partial charge < -0.3 is 15.1 Å². The first-order chi connectivity index (χ1) is 13.4. The molecular formula is C22H32N4O2. The van der Waals surface area contributed by atoms with Crippen LogP contribution in [0, 0.1) is 26.7 Å². The number of likely N-dealkylation sites (tertiary alicyclic amines) is 1. The van der Waals surface area contributed by atoms with Crippen LogP contribution in [0.4, 0.5) is 5.69 Å². The van der Waals surface area contributed by atoms with E-state index in [2.05, 4.69) is 43.1 Å². The van der Waals surface area contributed by atoms with Crippen molar-refractivity contribution in [2.45, 2.75) is 39.7 Å². The van der Waals surface area contributed by atoms with Gasteiger partial charge in [0.25, 0.3) is 0 Å². The molecule has 0 bridgehead atoms. The van der Waals surface area contributed by atoms with E-state index in [0.717, 1.165) is 62.5 Å². The van der Waals surface area contributed by atoms with E-state index in [4.69, 9.17) is 0 Å². The summed E-state index contributed by atoms with van der Waals surface area (Å²) in [5.74, 6) is 0.0246. The zero-order valence-corrected chi connectivity index (χ0v) is 17.3. The molecule has 0 radical (unpaired) electrons. The Labute approximate surface area is 167 Å². The van der Waals surface area contributed by atoms with Crippen LogP contribution in [-0.2, 0) is 9.59 Å². The van der Waals surface area contributed by atoms with Crippen LogP contribution in [0.25, 0.3) is 0 Å². The van der Waals surface area contributed by atoms with Gasteiger partial charge in [0.05, 0.1) is 5.92 Å². The highest BCUT2D eigenvalue weighted by Crippen LogP contribution is 2.33. The van der Waals surface area contributed by atoms with E-state index in [1.165, 1.54) is 5.56 Å². The summed E-state index contributed by atoms with van der Waals surface area (Å²) in [5, 5.41) is 3.39. The van der Waals surface area contributed by atoms with E-state index in [9.17, 15) is 9.59 Å². The molecule has 0 saturated carbocycles. The number of nitrogens with zero attached hydrogens (tertiary/aromatic N) is 3. The number of hydrogen-bond acceptors (Lipinski definition) is 4. The van der Waals surface area contributed by atoms with Crippen LogP contribution in [-0.4, -0.2) is 73.5 Å². The summed E-state index contributed by atoms with van der Waals surface area (Å²) in [4.78, 5) is 32.2. The van der Waals surface area contributed by atoms with Gasteiger partial charge in [-0.05, 0) is 38.3 Å². The van der Waals surface area contributed by atoms with Crippen molar-refractivity contribution < 1.29 is 9.59 Å². The Morgan fingerprint density at radius 3 is 2.39 bits per heavy atom. The van der Waals surface area contributed by atoms with Crippen molar-refractivity contribution in [1.82, 2.24) is 15.1 Å². The summed E-state index contributed by atoms with van der Waals surface area (Å²) in [6.07, 6.45) is 1.38. The normalized spacial score (nSPS) is 26.3. The quantitative estimate of drug-likeness (QED) is 0.858. The zero-order valence-electron chi connectivity index (χ0n) is 17.3. The van der Waals surface area contributed by atoms with Crippen LogP contribution in [0.1, 0.15) is 29.5 Å². The van der Waals surface area contributed by atoms with E-state index in [0.29, 0.717) is 19.0 Å². The number of piperazine rings is 1. The highest BCUT2D eigenvalue weighted by atomic mass is 16.2. The molecule has 6 heteroatoms. The third-order valence-corrected chi connectivity index (χ3v) is 6.52. The Hall–Kier alpha value is -1.92. The van der Waals surface area contributed by atoms with Crippen molar-refractivity contribution in [1.29, 1.82) is 0 Å². The average Bonchev–Trinajstić information content (AvgIpc) is 3.29. The number of benzene rings is 1.